The van der Waals surface area contributed by atoms with E-state index in [4.69, 9.17) is 13.9 Å². The maximum atomic E-state index is 10.9. The van der Waals surface area contributed by atoms with E-state index in [9.17, 15) is 4.79 Å². The molecule has 3 rings (SSSR count). The van der Waals surface area contributed by atoms with E-state index in [1.54, 1.807) is 30.2 Å². The van der Waals surface area contributed by atoms with Crippen LogP contribution in [-0.4, -0.2) is 11.1 Å². The number of carboxylic acids is 1. The van der Waals surface area contributed by atoms with Crippen LogP contribution < -0.4 is 0 Å². The van der Waals surface area contributed by atoms with Crippen LogP contribution in [0.3, 0.4) is 0 Å². The predicted molar refractivity (Wildman–Crippen MR) is 76.2 cm³/mol. The molecule has 0 fully saturated rings. The molecule has 0 radical (unpaired) electrons. The molecular weight excluding hydrogens is 276 g/mol. The van der Waals surface area contributed by atoms with Gasteiger partial charge in [0.1, 0.15) is 11.3 Å². The fourth-order valence-electron chi connectivity index (χ4n) is 1.97. The normalized spacial score (nSPS) is 11.1. The predicted octanol–water partition coefficient (Wildman–Crippen LogP) is 4.32. The summed E-state index contributed by atoms with van der Waals surface area (Å²) in [5, 5.41) is 9.72. The van der Waals surface area contributed by atoms with Crippen molar-refractivity contribution in [3.8, 4) is 0 Å². The number of furan rings is 2. The molecule has 2 aromatic heterocycles. The van der Waals surface area contributed by atoms with Crippen LogP contribution in [0, 0.1) is 6.92 Å². The quantitative estimate of drug-likeness (QED) is 0.724. The number of thioether (sulfide) groups is 1. The molecule has 1 aromatic carbocycles. The number of fused-ring (bicyclic) bond motifs is 1. The lowest BCUT2D eigenvalue weighted by Crippen LogP contribution is -1.91. The second-order valence-corrected chi connectivity index (χ2v) is 5.43. The summed E-state index contributed by atoms with van der Waals surface area (Å²) in [6, 6.07) is 9.20. The zero-order chi connectivity index (χ0) is 14.1. The molecule has 102 valence electrons. The molecule has 3 aromatic rings. The van der Waals surface area contributed by atoms with Gasteiger partial charge in [0.05, 0.1) is 6.26 Å². The molecule has 0 atom stereocenters. The van der Waals surface area contributed by atoms with E-state index in [1.807, 2.05) is 25.1 Å². The van der Waals surface area contributed by atoms with Gasteiger partial charge in [-0.2, -0.15) is 0 Å². The molecule has 0 amide bonds. The monoisotopic (exact) mass is 288 g/mol. The molecule has 0 bridgehead atoms. The Labute approximate surface area is 119 Å². The first-order valence-electron chi connectivity index (χ1n) is 6.06. The maximum Gasteiger partial charge on any atom is 0.371 e. The van der Waals surface area contributed by atoms with Crippen molar-refractivity contribution in [2.75, 3.05) is 0 Å². The van der Waals surface area contributed by atoms with Gasteiger partial charge in [0, 0.05) is 16.0 Å². The van der Waals surface area contributed by atoms with Crippen LogP contribution in [0.2, 0.25) is 0 Å². The molecule has 4 nitrogen and oxygen atoms in total. The molecule has 2 heterocycles. The maximum absolute atomic E-state index is 10.9. The minimum Gasteiger partial charge on any atom is -0.475 e. The van der Waals surface area contributed by atoms with Crippen molar-refractivity contribution in [1.82, 2.24) is 0 Å². The van der Waals surface area contributed by atoms with Gasteiger partial charge in [0.25, 0.3) is 0 Å². The van der Waals surface area contributed by atoms with Gasteiger partial charge in [-0.3, -0.25) is 0 Å². The fraction of sp³-hybridized carbons (Fsp3) is 0.133. The summed E-state index contributed by atoms with van der Waals surface area (Å²) in [6.45, 7) is 1.93. The van der Waals surface area contributed by atoms with Crippen LogP contribution in [0.1, 0.15) is 21.9 Å². The highest BCUT2D eigenvalue weighted by atomic mass is 32.2. The highest BCUT2D eigenvalue weighted by Crippen LogP contribution is 2.28. The second kappa shape index (κ2) is 5.09. The second-order valence-electron chi connectivity index (χ2n) is 4.42. The van der Waals surface area contributed by atoms with Crippen molar-refractivity contribution >= 4 is 28.7 Å². The van der Waals surface area contributed by atoms with Crippen LogP contribution in [0.5, 0.6) is 0 Å². The molecule has 5 heteroatoms. The molecule has 0 saturated carbocycles. The average molecular weight is 288 g/mol. The lowest BCUT2D eigenvalue weighted by atomic mass is 10.2. The zero-order valence-electron chi connectivity index (χ0n) is 10.8. The van der Waals surface area contributed by atoms with E-state index in [1.165, 1.54) is 0 Å². The average Bonchev–Trinajstić information content (AvgIpc) is 3.01. The van der Waals surface area contributed by atoms with Gasteiger partial charge in [-0.1, -0.05) is 6.07 Å². The lowest BCUT2D eigenvalue weighted by Gasteiger charge is -2.00. The smallest absolute Gasteiger partial charge is 0.371 e. The largest absolute Gasteiger partial charge is 0.475 e. The number of aromatic carboxylic acids is 1. The van der Waals surface area contributed by atoms with E-state index >= 15 is 0 Å². The van der Waals surface area contributed by atoms with Crippen molar-refractivity contribution in [2.45, 2.75) is 17.6 Å². The third-order valence-electron chi connectivity index (χ3n) is 3.00. The van der Waals surface area contributed by atoms with Gasteiger partial charge in [-0.15, -0.1) is 11.8 Å². The molecule has 0 saturated heterocycles. The first kappa shape index (κ1) is 12.9. The summed E-state index contributed by atoms with van der Waals surface area (Å²) >= 11 is 1.69. The molecule has 0 unspecified atom stereocenters. The third-order valence-corrected chi connectivity index (χ3v) is 4.21. The van der Waals surface area contributed by atoms with Crippen LogP contribution in [0.15, 0.2) is 50.3 Å². The molecule has 1 N–H and O–H groups in total. The number of rotatable bonds is 4. The zero-order valence-corrected chi connectivity index (χ0v) is 11.6. The van der Waals surface area contributed by atoms with Gasteiger partial charge >= 0.3 is 5.97 Å². The minimum absolute atomic E-state index is 0.0320. The standard InChI is InChI=1S/C15H12O4S/c1-9-14(4-5-18-9)20-8-10-2-3-12-11(6-10)7-13(19-12)15(16)17/h2-7H,8H2,1H3,(H,16,17). The topological polar surface area (TPSA) is 63.6 Å². The number of benzene rings is 1. The number of carboxylic acid groups (broad SMARTS) is 1. The Kier molecular flexibility index (Phi) is 3.28. The van der Waals surface area contributed by atoms with Gasteiger partial charge in [-0.25, -0.2) is 4.79 Å². The molecule has 0 spiro atoms. The van der Waals surface area contributed by atoms with E-state index in [0.29, 0.717) is 5.58 Å². The SMILES string of the molecule is Cc1occc1SCc1ccc2oc(C(=O)O)cc2c1. The Morgan fingerprint density at radius 2 is 2.15 bits per heavy atom. The molecule has 20 heavy (non-hydrogen) atoms. The Bertz CT molecular complexity index is 769. The van der Waals surface area contributed by atoms with Crippen LogP contribution in [0.4, 0.5) is 0 Å². The Morgan fingerprint density at radius 1 is 1.30 bits per heavy atom. The number of hydrogen-bond acceptors (Lipinski definition) is 4. The van der Waals surface area contributed by atoms with Crippen molar-refractivity contribution in [3.05, 3.63) is 53.7 Å². The third kappa shape index (κ3) is 2.44. The number of aryl methyl sites for hydroxylation is 1. The number of hydrogen-bond donors (Lipinski definition) is 1. The van der Waals surface area contributed by atoms with Crippen LogP contribution >= 0.6 is 11.8 Å². The summed E-state index contributed by atoms with van der Waals surface area (Å²) in [7, 11) is 0. The van der Waals surface area contributed by atoms with E-state index in [0.717, 1.165) is 27.4 Å². The summed E-state index contributed by atoms with van der Waals surface area (Å²) in [6.07, 6.45) is 1.68. The van der Waals surface area contributed by atoms with Gasteiger partial charge in [0.2, 0.25) is 5.76 Å². The first-order chi connectivity index (χ1) is 9.63. The molecule has 0 aliphatic carbocycles. The molecule has 0 aliphatic rings. The van der Waals surface area contributed by atoms with Crippen molar-refractivity contribution in [1.29, 1.82) is 0 Å². The van der Waals surface area contributed by atoms with Crippen molar-refractivity contribution in [3.63, 3.8) is 0 Å². The highest BCUT2D eigenvalue weighted by molar-refractivity contribution is 7.98. The van der Waals surface area contributed by atoms with E-state index < -0.39 is 5.97 Å². The molecule has 0 aliphatic heterocycles. The number of carbonyl (C=O) groups is 1. The first-order valence-corrected chi connectivity index (χ1v) is 7.05. The molecular formula is C15H12O4S. The highest BCUT2D eigenvalue weighted by Gasteiger charge is 2.11. The summed E-state index contributed by atoms with van der Waals surface area (Å²) in [5.41, 5.74) is 1.71. The minimum atomic E-state index is -1.05. The summed E-state index contributed by atoms with van der Waals surface area (Å²) in [4.78, 5) is 12.0. The Hall–Kier alpha value is -2.14. The van der Waals surface area contributed by atoms with Crippen molar-refractivity contribution < 1.29 is 18.7 Å². The van der Waals surface area contributed by atoms with Gasteiger partial charge < -0.3 is 13.9 Å². The summed E-state index contributed by atoms with van der Waals surface area (Å²) in [5.74, 6) is 0.623. The lowest BCUT2D eigenvalue weighted by molar-refractivity contribution is 0.0665. The summed E-state index contributed by atoms with van der Waals surface area (Å²) < 4.78 is 10.5. The van der Waals surface area contributed by atoms with Gasteiger partial charge in [0.15, 0.2) is 0 Å². The van der Waals surface area contributed by atoms with E-state index in [2.05, 4.69) is 0 Å². The fourth-order valence-corrected chi connectivity index (χ4v) is 2.88. The Balaban J connectivity index is 1.82. The van der Waals surface area contributed by atoms with Crippen LogP contribution in [-0.2, 0) is 5.75 Å². The van der Waals surface area contributed by atoms with Crippen LogP contribution in [0.25, 0.3) is 11.0 Å². The van der Waals surface area contributed by atoms with E-state index in [-0.39, 0.29) is 5.76 Å². The van der Waals surface area contributed by atoms with Gasteiger partial charge in [-0.05, 0) is 36.8 Å². The Morgan fingerprint density at radius 3 is 2.85 bits per heavy atom. The van der Waals surface area contributed by atoms with Crippen molar-refractivity contribution in [2.24, 2.45) is 0 Å².